The standard InChI is InChI=1S/C16H13NO2.H2S2/c1-11-4-2-5-12(8-11)15-16-13(6-3-7-19-16)9-14(10-18)17-15;1-2/h2-6,8-10H,7H2,1H3;1-2H. The third-order valence-electron chi connectivity index (χ3n) is 3.06. The van der Waals surface area contributed by atoms with E-state index in [4.69, 9.17) is 4.74 Å². The van der Waals surface area contributed by atoms with Crippen LogP contribution in [0.15, 0.2) is 36.4 Å². The zero-order valence-electron chi connectivity index (χ0n) is 11.5. The fourth-order valence-corrected chi connectivity index (χ4v) is 2.20. The van der Waals surface area contributed by atoms with Crippen molar-refractivity contribution in [1.82, 2.24) is 4.98 Å². The quantitative estimate of drug-likeness (QED) is 0.499. The Morgan fingerprint density at radius 3 is 2.81 bits per heavy atom. The maximum Gasteiger partial charge on any atom is 0.168 e. The van der Waals surface area contributed by atoms with Crippen LogP contribution in [-0.4, -0.2) is 17.9 Å². The molecule has 1 aromatic carbocycles. The van der Waals surface area contributed by atoms with Crippen molar-refractivity contribution in [2.45, 2.75) is 6.92 Å². The van der Waals surface area contributed by atoms with E-state index in [0.717, 1.165) is 34.4 Å². The van der Waals surface area contributed by atoms with Gasteiger partial charge < -0.3 is 4.74 Å². The third-order valence-corrected chi connectivity index (χ3v) is 3.06. The minimum atomic E-state index is 0.422. The van der Waals surface area contributed by atoms with Gasteiger partial charge >= 0.3 is 0 Å². The molecule has 3 rings (SSSR count). The van der Waals surface area contributed by atoms with Gasteiger partial charge in [-0.25, -0.2) is 4.98 Å². The summed E-state index contributed by atoms with van der Waals surface area (Å²) in [6.45, 7) is 2.56. The Balaban J connectivity index is 0.000000774. The van der Waals surface area contributed by atoms with Gasteiger partial charge in [0.05, 0.1) is 0 Å². The highest BCUT2D eigenvalue weighted by Gasteiger charge is 2.16. The normalized spacial score (nSPS) is 11.8. The van der Waals surface area contributed by atoms with Crippen LogP contribution in [0.25, 0.3) is 17.3 Å². The van der Waals surface area contributed by atoms with E-state index < -0.39 is 0 Å². The minimum Gasteiger partial charge on any atom is -0.487 e. The SMILES string of the molecule is Cc1cccc(-c2nc(C=O)cc3c2OCC=C3)c1.SS. The summed E-state index contributed by atoms with van der Waals surface area (Å²) in [7, 11) is 0. The average Bonchev–Trinajstić information content (AvgIpc) is 2.55. The fraction of sp³-hybridized carbons (Fsp3) is 0.125. The third kappa shape index (κ3) is 3.49. The summed E-state index contributed by atoms with van der Waals surface area (Å²) in [6.07, 6.45) is 4.66. The summed E-state index contributed by atoms with van der Waals surface area (Å²) in [4.78, 5) is 15.4. The van der Waals surface area contributed by atoms with Crippen molar-refractivity contribution in [3.63, 3.8) is 0 Å². The van der Waals surface area contributed by atoms with Crippen molar-refractivity contribution < 1.29 is 9.53 Å². The molecule has 2 aromatic rings. The molecular weight excluding hydrogens is 302 g/mol. The van der Waals surface area contributed by atoms with Crippen LogP contribution in [0.4, 0.5) is 0 Å². The van der Waals surface area contributed by atoms with Crippen molar-refractivity contribution in [3.05, 3.63) is 53.2 Å². The molecule has 1 aliphatic rings. The predicted molar refractivity (Wildman–Crippen MR) is 92.3 cm³/mol. The zero-order chi connectivity index (χ0) is 15.2. The highest BCUT2D eigenvalue weighted by atomic mass is 33.1. The molecule has 21 heavy (non-hydrogen) atoms. The van der Waals surface area contributed by atoms with E-state index in [9.17, 15) is 4.79 Å². The van der Waals surface area contributed by atoms with Crippen LogP contribution < -0.4 is 4.74 Å². The summed E-state index contributed by atoms with van der Waals surface area (Å²) in [6, 6.07) is 9.77. The van der Waals surface area contributed by atoms with Crippen LogP contribution in [0.2, 0.25) is 0 Å². The van der Waals surface area contributed by atoms with Gasteiger partial charge in [0.15, 0.2) is 12.0 Å². The number of fused-ring (bicyclic) bond motifs is 1. The maximum absolute atomic E-state index is 11.0. The Labute approximate surface area is 134 Å². The molecule has 0 radical (unpaired) electrons. The fourth-order valence-electron chi connectivity index (χ4n) is 2.20. The number of benzene rings is 1. The molecule has 0 spiro atoms. The summed E-state index contributed by atoms with van der Waals surface area (Å²) in [5, 5.41) is 0. The van der Waals surface area contributed by atoms with Gasteiger partial charge in [0.2, 0.25) is 0 Å². The molecule has 0 N–H and O–H groups in total. The number of aldehydes is 1. The molecule has 0 amide bonds. The molecule has 0 saturated carbocycles. The molecule has 1 aliphatic heterocycles. The van der Waals surface area contributed by atoms with Gasteiger partial charge in [0, 0.05) is 11.1 Å². The van der Waals surface area contributed by atoms with Crippen molar-refractivity contribution in [2.75, 3.05) is 6.61 Å². The average molecular weight is 317 g/mol. The van der Waals surface area contributed by atoms with E-state index in [1.165, 1.54) is 0 Å². The lowest BCUT2D eigenvalue weighted by atomic mass is 10.0. The summed E-state index contributed by atoms with van der Waals surface area (Å²) >= 11 is 6.44. The molecule has 0 aliphatic carbocycles. The summed E-state index contributed by atoms with van der Waals surface area (Å²) in [5.74, 6) is 0.749. The lowest BCUT2D eigenvalue weighted by Crippen LogP contribution is -2.05. The topological polar surface area (TPSA) is 39.2 Å². The number of thiol groups is 2. The first-order chi connectivity index (χ1) is 10.3. The van der Waals surface area contributed by atoms with E-state index in [1.54, 1.807) is 6.07 Å². The Morgan fingerprint density at radius 2 is 2.10 bits per heavy atom. The van der Waals surface area contributed by atoms with Gasteiger partial charge in [-0.15, -0.1) is 23.3 Å². The number of aromatic nitrogens is 1. The van der Waals surface area contributed by atoms with Crippen molar-refractivity contribution in [1.29, 1.82) is 0 Å². The molecule has 108 valence electrons. The Kier molecular flexibility index (Phi) is 5.47. The van der Waals surface area contributed by atoms with Gasteiger partial charge in [-0.05, 0) is 25.1 Å². The van der Waals surface area contributed by atoms with Gasteiger partial charge in [-0.3, -0.25) is 4.79 Å². The predicted octanol–water partition coefficient (Wildman–Crippen LogP) is 4.04. The first kappa shape index (κ1) is 15.7. The summed E-state index contributed by atoms with van der Waals surface area (Å²) in [5.41, 5.74) is 4.17. The molecule has 0 unspecified atom stereocenters. The molecule has 5 heteroatoms. The number of rotatable bonds is 2. The van der Waals surface area contributed by atoms with Crippen LogP contribution in [0.5, 0.6) is 5.75 Å². The number of nitrogens with zero attached hydrogens (tertiary/aromatic N) is 1. The number of hydrogen-bond acceptors (Lipinski definition) is 5. The molecule has 0 bridgehead atoms. The maximum atomic E-state index is 11.0. The van der Waals surface area contributed by atoms with E-state index in [1.807, 2.05) is 43.3 Å². The second kappa shape index (κ2) is 7.33. The smallest absolute Gasteiger partial charge is 0.168 e. The second-order valence-electron chi connectivity index (χ2n) is 4.51. The Morgan fingerprint density at radius 1 is 1.29 bits per heavy atom. The zero-order valence-corrected chi connectivity index (χ0v) is 13.3. The molecule has 1 aromatic heterocycles. The minimum absolute atomic E-state index is 0.422. The molecule has 2 heterocycles. The number of carbonyl (C=O) groups is 1. The van der Waals surface area contributed by atoms with Crippen LogP contribution in [0.3, 0.4) is 0 Å². The number of aryl methyl sites for hydroxylation is 1. The number of hydrogen-bond donors (Lipinski definition) is 2. The highest BCUT2D eigenvalue weighted by Crippen LogP contribution is 2.34. The molecule has 0 saturated heterocycles. The lowest BCUT2D eigenvalue weighted by Gasteiger charge is -2.16. The molecule has 3 nitrogen and oxygen atoms in total. The molecular formula is C16H15NO2S2. The Bertz CT molecular complexity index is 684. The number of pyridine rings is 1. The van der Waals surface area contributed by atoms with Gasteiger partial charge in [-0.1, -0.05) is 29.8 Å². The van der Waals surface area contributed by atoms with E-state index in [0.29, 0.717) is 12.3 Å². The van der Waals surface area contributed by atoms with E-state index >= 15 is 0 Å². The molecule has 0 fully saturated rings. The van der Waals surface area contributed by atoms with Crippen molar-refractivity contribution in [3.8, 4) is 17.0 Å². The van der Waals surface area contributed by atoms with Gasteiger partial charge in [0.1, 0.15) is 18.0 Å². The van der Waals surface area contributed by atoms with Crippen molar-refractivity contribution >= 4 is 35.7 Å². The highest BCUT2D eigenvalue weighted by molar-refractivity contribution is 8.59. The lowest BCUT2D eigenvalue weighted by molar-refractivity contribution is 0.111. The van der Waals surface area contributed by atoms with Gasteiger partial charge in [-0.2, -0.15) is 0 Å². The van der Waals surface area contributed by atoms with Gasteiger partial charge in [0.25, 0.3) is 0 Å². The van der Waals surface area contributed by atoms with Crippen LogP contribution in [0, 0.1) is 6.92 Å². The first-order valence-electron chi connectivity index (χ1n) is 6.34. The number of carbonyl (C=O) groups excluding carboxylic acids is 1. The van der Waals surface area contributed by atoms with Crippen LogP contribution in [-0.2, 0) is 0 Å². The largest absolute Gasteiger partial charge is 0.487 e. The van der Waals surface area contributed by atoms with Crippen LogP contribution in [0.1, 0.15) is 21.6 Å². The summed E-state index contributed by atoms with van der Waals surface area (Å²) < 4.78 is 5.68. The van der Waals surface area contributed by atoms with Crippen molar-refractivity contribution in [2.24, 2.45) is 0 Å². The monoisotopic (exact) mass is 317 g/mol. The van der Waals surface area contributed by atoms with E-state index in [-0.39, 0.29) is 0 Å². The van der Waals surface area contributed by atoms with Crippen LogP contribution >= 0.6 is 23.3 Å². The first-order valence-corrected chi connectivity index (χ1v) is 7.94. The molecule has 0 atom stereocenters. The van der Waals surface area contributed by atoms with E-state index in [2.05, 4.69) is 28.3 Å². The second-order valence-corrected chi connectivity index (χ2v) is 4.51. The Hall–Kier alpha value is -1.72. The number of ether oxygens (including phenoxy) is 1.